The zero-order chi connectivity index (χ0) is 19.1. The number of amides is 1. The van der Waals surface area contributed by atoms with Crippen LogP contribution in [0.4, 0.5) is 0 Å². The molecule has 0 fully saturated rings. The molecule has 138 valence electrons. The molecule has 1 aromatic carbocycles. The van der Waals surface area contributed by atoms with E-state index >= 15 is 0 Å². The van der Waals surface area contributed by atoms with Crippen LogP contribution in [0.25, 0.3) is 11.8 Å². The first-order valence-electron chi connectivity index (χ1n) is 8.72. The molecule has 26 heavy (non-hydrogen) atoms. The number of para-hydroxylation sites is 1. The number of benzene rings is 1. The molecule has 1 aromatic heterocycles. The number of carbonyl (C=O) groups is 2. The van der Waals surface area contributed by atoms with Crippen LogP contribution >= 0.6 is 0 Å². The van der Waals surface area contributed by atoms with Gasteiger partial charge >= 0.3 is 5.97 Å². The number of aryl methyl sites for hydroxylation is 1. The quantitative estimate of drug-likeness (QED) is 0.612. The first kappa shape index (κ1) is 19.4. The highest BCUT2D eigenvalue weighted by Crippen LogP contribution is 2.19. The van der Waals surface area contributed by atoms with Gasteiger partial charge in [-0.15, -0.1) is 0 Å². The van der Waals surface area contributed by atoms with Gasteiger partial charge in [0.2, 0.25) is 0 Å². The summed E-state index contributed by atoms with van der Waals surface area (Å²) in [5.41, 5.74) is 3.54. The van der Waals surface area contributed by atoms with E-state index in [9.17, 15) is 9.59 Å². The van der Waals surface area contributed by atoms with Crippen molar-refractivity contribution in [2.45, 2.75) is 40.2 Å². The van der Waals surface area contributed by atoms with E-state index in [1.54, 1.807) is 13.0 Å². The Balaban J connectivity index is 2.07. The number of rotatable bonds is 7. The van der Waals surface area contributed by atoms with E-state index < -0.39 is 12.1 Å². The van der Waals surface area contributed by atoms with Gasteiger partial charge in [-0.1, -0.05) is 25.1 Å². The summed E-state index contributed by atoms with van der Waals surface area (Å²) in [6.07, 6.45) is 3.01. The third-order valence-corrected chi connectivity index (χ3v) is 3.95. The largest absolute Gasteiger partial charge is 0.449 e. The maximum absolute atomic E-state index is 12.0. The Morgan fingerprint density at radius 2 is 1.96 bits per heavy atom. The number of aromatic nitrogens is 2. The zero-order valence-corrected chi connectivity index (χ0v) is 15.7. The first-order chi connectivity index (χ1) is 12.4. The van der Waals surface area contributed by atoms with E-state index in [0.29, 0.717) is 6.54 Å². The van der Waals surface area contributed by atoms with E-state index in [1.165, 1.54) is 6.08 Å². The average molecular weight is 355 g/mol. The van der Waals surface area contributed by atoms with Crippen molar-refractivity contribution in [2.24, 2.45) is 0 Å². The molecule has 6 nitrogen and oxygen atoms in total. The first-order valence-corrected chi connectivity index (χ1v) is 8.72. The number of nitrogens with zero attached hydrogens (tertiary/aromatic N) is 2. The van der Waals surface area contributed by atoms with Crippen molar-refractivity contribution in [1.29, 1.82) is 0 Å². The highest BCUT2D eigenvalue weighted by Gasteiger charge is 2.16. The number of nitrogens with one attached hydrogen (secondary N) is 1. The lowest BCUT2D eigenvalue weighted by atomic mass is 10.2. The average Bonchev–Trinajstić information content (AvgIpc) is 2.92. The summed E-state index contributed by atoms with van der Waals surface area (Å²) >= 11 is 0. The molecule has 1 unspecified atom stereocenters. The number of ether oxygens (including phenoxy) is 1. The summed E-state index contributed by atoms with van der Waals surface area (Å²) in [5.74, 6) is -0.853. The SMILES string of the molecule is CCCNC(=O)C(C)OC(=O)/C=C/c1c(C)nn(-c2ccccc2)c1C. The van der Waals surface area contributed by atoms with Gasteiger partial charge in [-0.05, 0) is 45.4 Å². The molecular weight excluding hydrogens is 330 g/mol. The molecule has 1 heterocycles. The van der Waals surface area contributed by atoms with Crippen molar-refractivity contribution >= 4 is 18.0 Å². The van der Waals surface area contributed by atoms with Gasteiger partial charge in [-0.25, -0.2) is 9.48 Å². The Labute approximate surface area is 153 Å². The van der Waals surface area contributed by atoms with Gasteiger partial charge in [0.05, 0.1) is 11.4 Å². The summed E-state index contributed by atoms with van der Waals surface area (Å²) in [5, 5.41) is 7.23. The van der Waals surface area contributed by atoms with Gasteiger partial charge in [0.1, 0.15) is 0 Å². The highest BCUT2D eigenvalue weighted by molar-refractivity contribution is 5.90. The Morgan fingerprint density at radius 3 is 2.62 bits per heavy atom. The summed E-state index contributed by atoms with van der Waals surface area (Å²) < 4.78 is 6.97. The van der Waals surface area contributed by atoms with Crippen molar-refractivity contribution in [3.8, 4) is 5.69 Å². The second kappa shape index (κ2) is 8.99. The van der Waals surface area contributed by atoms with Crippen LogP contribution in [0.1, 0.15) is 37.2 Å². The van der Waals surface area contributed by atoms with E-state index in [4.69, 9.17) is 4.74 Å². The molecule has 0 aliphatic heterocycles. The van der Waals surface area contributed by atoms with Crippen LogP contribution in [-0.4, -0.2) is 34.3 Å². The molecule has 6 heteroatoms. The van der Waals surface area contributed by atoms with Crippen molar-refractivity contribution in [1.82, 2.24) is 15.1 Å². The summed E-state index contributed by atoms with van der Waals surface area (Å²) in [7, 11) is 0. The molecule has 0 spiro atoms. The minimum atomic E-state index is -0.826. The van der Waals surface area contributed by atoms with E-state index in [0.717, 1.165) is 29.1 Å². The zero-order valence-electron chi connectivity index (χ0n) is 15.7. The molecule has 0 radical (unpaired) electrons. The second-order valence-electron chi connectivity index (χ2n) is 6.04. The third-order valence-electron chi connectivity index (χ3n) is 3.95. The Kier molecular flexibility index (Phi) is 6.72. The summed E-state index contributed by atoms with van der Waals surface area (Å²) in [6, 6.07) is 9.78. The molecule has 0 aliphatic carbocycles. The minimum Gasteiger partial charge on any atom is -0.449 e. The van der Waals surface area contributed by atoms with Crippen LogP contribution in [0.3, 0.4) is 0 Å². The molecule has 2 aromatic rings. The minimum absolute atomic E-state index is 0.294. The second-order valence-corrected chi connectivity index (χ2v) is 6.04. The van der Waals surface area contributed by atoms with Crippen LogP contribution in [0, 0.1) is 13.8 Å². The molecule has 0 aliphatic rings. The number of carbonyl (C=O) groups excluding carboxylic acids is 2. The van der Waals surface area contributed by atoms with Crippen LogP contribution in [0.15, 0.2) is 36.4 Å². The van der Waals surface area contributed by atoms with Gasteiger partial charge in [0.25, 0.3) is 5.91 Å². The lowest BCUT2D eigenvalue weighted by Crippen LogP contribution is -2.35. The van der Waals surface area contributed by atoms with Crippen LogP contribution in [0.5, 0.6) is 0 Å². The van der Waals surface area contributed by atoms with Crippen molar-refractivity contribution in [2.75, 3.05) is 6.54 Å². The van der Waals surface area contributed by atoms with Gasteiger partial charge < -0.3 is 10.1 Å². The van der Waals surface area contributed by atoms with Gasteiger partial charge in [0, 0.05) is 23.9 Å². The molecular formula is C20H25N3O3. The van der Waals surface area contributed by atoms with E-state index in [1.807, 2.05) is 55.8 Å². The lowest BCUT2D eigenvalue weighted by molar-refractivity contribution is -0.150. The normalized spacial score (nSPS) is 12.2. The Bertz CT molecular complexity index is 794. The lowest BCUT2D eigenvalue weighted by Gasteiger charge is -2.11. The number of hydrogen-bond acceptors (Lipinski definition) is 4. The molecule has 2 rings (SSSR count). The number of hydrogen-bond donors (Lipinski definition) is 1. The maximum atomic E-state index is 12.0. The fourth-order valence-corrected chi connectivity index (χ4v) is 2.53. The van der Waals surface area contributed by atoms with Gasteiger partial charge in [-0.2, -0.15) is 5.10 Å². The molecule has 1 amide bonds. The van der Waals surface area contributed by atoms with Crippen molar-refractivity contribution < 1.29 is 14.3 Å². The van der Waals surface area contributed by atoms with Crippen molar-refractivity contribution in [3.63, 3.8) is 0 Å². The summed E-state index contributed by atoms with van der Waals surface area (Å²) in [6.45, 7) is 7.91. The smallest absolute Gasteiger partial charge is 0.331 e. The molecule has 0 saturated heterocycles. The van der Waals surface area contributed by atoms with Gasteiger partial charge in [-0.3, -0.25) is 4.79 Å². The van der Waals surface area contributed by atoms with Gasteiger partial charge in [0.15, 0.2) is 6.10 Å². The van der Waals surface area contributed by atoms with E-state index in [2.05, 4.69) is 10.4 Å². The Morgan fingerprint density at radius 1 is 1.27 bits per heavy atom. The highest BCUT2D eigenvalue weighted by atomic mass is 16.5. The third kappa shape index (κ3) is 4.81. The number of esters is 1. The predicted octanol–water partition coefficient (Wildman–Crippen LogP) is 2.96. The topological polar surface area (TPSA) is 73.2 Å². The monoisotopic (exact) mass is 355 g/mol. The predicted molar refractivity (Wildman–Crippen MR) is 101 cm³/mol. The molecule has 1 atom stereocenters. The molecule has 1 N–H and O–H groups in total. The van der Waals surface area contributed by atoms with Crippen LogP contribution < -0.4 is 5.32 Å². The Hall–Kier alpha value is -2.89. The van der Waals surface area contributed by atoms with Crippen LogP contribution in [-0.2, 0) is 14.3 Å². The van der Waals surface area contributed by atoms with Crippen molar-refractivity contribution in [3.05, 3.63) is 53.4 Å². The maximum Gasteiger partial charge on any atom is 0.331 e. The fourth-order valence-electron chi connectivity index (χ4n) is 2.53. The molecule has 0 bridgehead atoms. The van der Waals surface area contributed by atoms with E-state index in [-0.39, 0.29) is 5.91 Å². The standard InChI is InChI=1S/C20H25N3O3/c1-5-13-21-20(25)16(4)26-19(24)12-11-18-14(2)22-23(15(18)3)17-9-7-6-8-10-17/h6-12,16H,5,13H2,1-4H3,(H,21,25)/b12-11+. The fraction of sp³-hybridized carbons (Fsp3) is 0.350. The molecule has 0 saturated carbocycles. The van der Waals surface area contributed by atoms with Crippen LogP contribution in [0.2, 0.25) is 0 Å². The summed E-state index contributed by atoms with van der Waals surface area (Å²) in [4.78, 5) is 23.7.